The van der Waals surface area contributed by atoms with Gasteiger partial charge in [-0.05, 0) is 20.8 Å². The molecule has 0 bridgehead atoms. The molecule has 0 atom stereocenters. The van der Waals surface area contributed by atoms with Crippen molar-refractivity contribution in [3.8, 4) is 0 Å². The van der Waals surface area contributed by atoms with Crippen LogP contribution in [0.5, 0.6) is 0 Å². The third kappa shape index (κ3) is 3.65. The molecule has 0 N–H and O–H groups in total. The highest BCUT2D eigenvalue weighted by Crippen LogP contribution is 2.26. The van der Waals surface area contributed by atoms with E-state index in [0.717, 1.165) is 10.8 Å². The fraction of sp³-hybridized carbons (Fsp3) is 0.571. The Morgan fingerprint density at radius 3 is 2.11 bits per heavy atom. The summed E-state index contributed by atoms with van der Waals surface area (Å²) in [7, 11) is 3.60. The first-order valence-corrected chi connectivity index (χ1v) is 6.87. The molecule has 0 aliphatic rings. The molecule has 18 heavy (non-hydrogen) atoms. The van der Waals surface area contributed by atoms with E-state index < -0.39 is 5.79 Å². The maximum Gasteiger partial charge on any atom is 0.218 e. The van der Waals surface area contributed by atoms with E-state index in [0.29, 0.717) is 26.4 Å². The first kappa shape index (κ1) is 15.4. The molecule has 0 saturated carbocycles. The standard InChI is InChI=1S/C14H21O3Si/c1-4-15-11-14(16-5-2,17-6-3)12-9-7-8-10-13(12)18/h7-10H,4-6,11H2,1-3H3. The lowest BCUT2D eigenvalue weighted by atomic mass is 10.1. The van der Waals surface area contributed by atoms with Crippen LogP contribution in [-0.2, 0) is 20.0 Å². The van der Waals surface area contributed by atoms with Crippen LogP contribution >= 0.6 is 0 Å². The van der Waals surface area contributed by atoms with Gasteiger partial charge in [-0.2, -0.15) is 0 Å². The Bertz CT molecular complexity index is 349. The highest BCUT2D eigenvalue weighted by Gasteiger charge is 2.35. The average molecular weight is 265 g/mol. The van der Waals surface area contributed by atoms with Crippen LogP contribution in [0.3, 0.4) is 0 Å². The van der Waals surface area contributed by atoms with Gasteiger partial charge in [-0.1, -0.05) is 29.5 Å². The van der Waals surface area contributed by atoms with Gasteiger partial charge in [-0.25, -0.2) is 0 Å². The Balaban J connectivity index is 3.10. The van der Waals surface area contributed by atoms with E-state index in [2.05, 4.69) is 10.2 Å². The number of hydrogen-bond acceptors (Lipinski definition) is 3. The minimum atomic E-state index is -0.835. The SMILES string of the molecule is CCOCC(OCC)(OCC)c1ccccc1[Si]. The van der Waals surface area contributed by atoms with Crippen molar-refractivity contribution in [2.45, 2.75) is 26.6 Å². The summed E-state index contributed by atoms with van der Waals surface area (Å²) in [6.45, 7) is 8.01. The Hall–Kier alpha value is -0.683. The van der Waals surface area contributed by atoms with Gasteiger partial charge in [0.2, 0.25) is 5.79 Å². The topological polar surface area (TPSA) is 27.7 Å². The summed E-state index contributed by atoms with van der Waals surface area (Å²) >= 11 is 0. The largest absolute Gasteiger partial charge is 0.376 e. The van der Waals surface area contributed by atoms with Gasteiger partial charge in [0.25, 0.3) is 0 Å². The van der Waals surface area contributed by atoms with Crippen LogP contribution in [-0.4, -0.2) is 36.7 Å². The Labute approximate surface area is 113 Å². The van der Waals surface area contributed by atoms with E-state index in [1.807, 2.05) is 45.0 Å². The molecule has 1 rings (SSSR count). The van der Waals surface area contributed by atoms with Crippen LogP contribution < -0.4 is 5.19 Å². The predicted octanol–water partition coefficient (Wildman–Crippen LogP) is 1.74. The molecule has 0 aliphatic heterocycles. The Morgan fingerprint density at radius 2 is 1.61 bits per heavy atom. The summed E-state index contributed by atoms with van der Waals surface area (Å²) in [6.07, 6.45) is 0. The zero-order valence-corrected chi connectivity index (χ0v) is 12.4. The Kier molecular flexibility index (Phi) is 6.57. The van der Waals surface area contributed by atoms with E-state index in [-0.39, 0.29) is 0 Å². The summed E-state index contributed by atoms with van der Waals surface area (Å²) in [4.78, 5) is 0. The lowest BCUT2D eigenvalue weighted by Gasteiger charge is -2.34. The quantitative estimate of drug-likeness (QED) is 0.529. The molecule has 1 aromatic rings. The van der Waals surface area contributed by atoms with E-state index in [1.54, 1.807) is 0 Å². The molecule has 0 aromatic heterocycles. The summed E-state index contributed by atoms with van der Waals surface area (Å²) in [5.74, 6) is -0.835. The summed E-state index contributed by atoms with van der Waals surface area (Å²) in [6, 6.07) is 7.91. The van der Waals surface area contributed by atoms with E-state index in [4.69, 9.17) is 14.2 Å². The van der Waals surface area contributed by atoms with Crippen molar-refractivity contribution in [1.82, 2.24) is 0 Å². The second kappa shape index (κ2) is 7.69. The smallest absolute Gasteiger partial charge is 0.218 e. The molecule has 0 heterocycles. The van der Waals surface area contributed by atoms with Crippen LogP contribution in [0, 0.1) is 0 Å². The molecule has 0 saturated heterocycles. The monoisotopic (exact) mass is 265 g/mol. The number of benzene rings is 1. The lowest BCUT2D eigenvalue weighted by molar-refractivity contribution is -0.266. The van der Waals surface area contributed by atoms with Crippen LogP contribution in [0.15, 0.2) is 24.3 Å². The molecule has 0 aliphatic carbocycles. The fourth-order valence-corrected chi connectivity index (χ4v) is 2.25. The van der Waals surface area contributed by atoms with Crippen molar-refractivity contribution >= 4 is 15.4 Å². The molecule has 0 spiro atoms. The van der Waals surface area contributed by atoms with Gasteiger partial charge in [0.05, 0.1) is 10.2 Å². The fourth-order valence-electron chi connectivity index (χ4n) is 1.88. The second-order valence-electron chi connectivity index (χ2n) is 3.80. The molecule has 3 nitrogen and oxygen atoms in total. The predicted molar refractivity (Wildman–Crippen MR) is 73.3 cm³/mol. The van der Waals surface area contributed by atoms with Crippen molar-refractivity contribution in [3.63, 3.8) is 0 Å². The summed E-state index contributed by atoms with van der Waals surface area (Å²) < 4.78 is 17.3. The van der Waals surface area contributed by atoms with E-state index in [9.17, 15) is 0 Å². The van der Waals surface area contributed by atoms with Crippen molar-refractivity contribution in [2.75, 3.05) is 26.4 Å². The zero-order chi connectivity index (χ0) is 13.4. The van der Waals surface area contributed by atoms with Gasteiger partial charge in [-0.15, -0.1) is 0 Å². The highest BCUT2D eigenvalue weighted by atomic mass is 28.1. The maximum absolute atomic E-state index is 5.86. The average Bonchev–Trinajstić information content (AvgIpc) is 2.37. The molecule has 99 valence electrons. The Morgan fingerprint density at radius 1 is 1.00 bits per heavy atom. The number of ether oxygens (including phenoxy) is 3. The van der Waals surface area contributed by atoms with Gasteiger partial charge in [0, 0.05) is 25.4 Å². The second-order valence-corrected chi connectivity index (χ2v) is 4.34. The number of hydrogen-bond donors (Lipinski definition) is 0. The molecule has 3 radical (unpaired) electrons. The van der Waals surface area contributed by atoms with Crippen LogP contribution in [0.25, 0.3) is 0 Å². The highest BCUT2D eigenvalue weighted by molar-refractivity contribution is 6.33. The molecule has 4 heteroatoms. The molecular formula is C14H21O3Si. The van der Waals surface area contributed by atoms with Crippen molar-refractivity contribution in [3.05, 3.63) is 29.8 Å². The third-order valence-corrected chi connectivity index (χ3v) is 3.02. The lowest BCUT2D eigenvalue weighted by Crippen LogP contribution is -2.42. The summed E-state index contributed by atoms with van der Waals surface area (Å²) in [5.41, 5.74) is 0.957. The van der Waals surface area contributed by atoms with E-state index >= 15 is 0 Å². The minimum absolute atomic E-state index is 0.382. The van der Waals surface area contributed by atoms with Gasteiger partial charge in [0.1, 0.15) is 6.61 Å². The van der Waals surface area contributed by atoms with Gasteiger partial charge in [-0.3, -0.25) is 0 Å². The van der Waals surface area contributed by atoms with Crippen LogP contribution in [0.1, 0.15) is 26.3 Å². The van der Waals surface area contributed by atoms with Crippen molar-refractivity contribution in [1.29, 1.82) is 0 Å². The van der Waals surface area contributed by atoms with Crippen molar-refractivity contribution < 1.29 is 14.2 Å². The summed E-state index contributed by atoms with van der Waals surface area (Å²) in [5, 5.41) is 0.958. The van der Waals surface area contributed by atoms with E-state index in [1.165, 1.54) is 0 Å². The molecule has 0 unspecified atom stereocenters. The number of rotatable bonds is 8. The van der Waals surface area contributed by atoms with Crippen molar-refractivity contribution in [2.24, 2.45) is 0 Å². The maximum atomic E-state index is 5.86. The molecule has 1 aromatic carbocycles. The normalized spacial score (nSPS) is 11.8. The van der Waals surface area contributed by atoms with Gasteiger partial charge >= 0.3 is 0 Å². The van der Waals surface area contributed by atoms with Crippen LogP contribution in [0.2, 0.25) is 0 Å². The molecular weight excluding hydrogens is 244 g/mol. The first-order chi connectivity index (χ1) is 8.70. The minimum Gasteiger partial charge on any atom is -0.376 e. The molecule has 0 fully saturated rings. The van der Waals surface area contributed by atoms with Gasteiger partial charge < -0.3 is 14.2 Å². The van der Waals surface area contributed by atoms with Gasteiger partial charge in [0.15, 0.2) is 0 Å². The van der Waals surface area contributed by atoms with Crippen LogP contribution in [0.4, 0.5) is 0 Å². The third-order valence-electron chi connectivity index (χ3n) is 2.59. The zero-order valence-electron chi connectivity index (χ0n) is 11.4. The first-order valence-electron chi connectivity index (χ1n) is 6.37. The molecule has 0 amide bonds.